The zero-order chi connectivity index (χ0) is 15.2. The maximum Gasteiger partial charge on any atom is 0.223 e. The number of hydrogen-bond donors (Lipinski definition) is 1. The van der Waals surface area contributed by atoms with Gasteiger partial charge in [0.05, 0.1) is 0 Å². The van der Waals surface area contributed by atoms with Crippen molar-refractivity contribution >= 4 is 5.91 Å². The lowest BCUT2D eigenvalue weighted by molar-refractivity contribution is -0.127. The third-order valence-corrected chi connectivity index (χ3v) is 5.29. The number of nitrogens with one attached hydrogen (secondary N) is 1. The van der Waals surface area contributed by atoms with Gasteiger partial charge in [0.2, 0.25) is 5.91 Å². The van der Waals surface area contributed by atoms with E-state index in [4.69, 9.17) is 0 Å². The average molecular weight is 294 g/mol. The van der Waals surface area contributed by atoms with Crippen LogP contribution in [0.3, 0.4) is 0 Å². The molecule has 1 heterocycles. The average Bonchev–Trinajstić information content (AvgIpc) is 2.47. The minimum absolute atomic E-state index is 0.259. The summed E-state index contributed by atoms with van der Waals surface area (Å²) >= 11 is 0. The first-order valence-corrected chi connectivity index (χ1v) is 9.10. The van der Waals surface area contributed by atoms with Crippen molar-refractivity contribution in [2.75, 3.05) is 13.1 Å². The van der Waals surface area contributed by atoms with Gasteiger partial charge in [0.1, 0.15) is 0 Å². The molecule has 122 valence electrons. The van der Waals surface area contributed by atoms with Gasteiger partial charge in [-0.05, 0) is 58.0 Å². The van der Waals surface area contributed by atoms with Crippen LogP contribution in [0, 0.1) is 11.8 Å². The predicted octanol–water partition coefficient (Wildman–Crippen LogP) is 3.58. The van der Waals surface area contributed by atoms with Gasteiger partial charge < -0.3 is 10.2 Å². The number of carbonyl (C=O) groups is 1. The van der Waals surface area contributed by atoms with Crippen molar-refractivity contribution in [3.63, 3.8) is 0 Å². The Morgan fingerprint density at radius 1 is 1.05 bits per heavy atom. The molecule has 1 aliphatic heterocycles. The van der Waals surface area contributed by atoms with Crippen molar-refractivity contribution in [2.45, 2.75) is 84.2 Å². The Hall–Kier alpha value is -0.570. The molecule has 1 saturated heterocycles. The van der Waals surface area contributed by atoms with Gasteiger partial charge in [0.25, 0.3) is 0 Å². The second kappa shape index (κ2) is 8.17. The fourth-order valence-electron chi connectivity index (χ4n) is 4.00. The molecule has 0 aromatic rings. The lowest BCUT2D eigenvalue weighted by Crippen LogP contribution is -2.46. The Morgan fingerprint density at radius 3 is 2.24 bits per heavy atom. The summed E-state index contributed by atoms with van der Waals surface area (Å²) in [6.07, 6.45) is 9.65. The Bertz CT molecular complexity index is 315. The van der Waals surface area contributed by atoms with E-state index < -0.39 is 0 Å². The Kier molecular flexibility index (Phi) is 6.53. The number of rotatable bonds is 5. The highest BCUT2D eigenvalue weighted by atomic mass is 16.1. The van der Waals surface area contributed by atoms with E-state index in [2.05, 4.69) is 31.0 Å². The van der Waals surface area contributed by atoms with Crippen LogP contribution in [-0.2, 0) is 4.79 Å². The van der Waals surface area contributed by atoms with Crippen LogP contribution in [0.25, 0.3) is 0 Å². The van der Waals surface area contributed by atoms with E-state index in [-0.39, 0.29) is 5.92 Å². The van der Waals surface area contributed by atoms with E-state index in [1.165, 1.54) is 38.5 Å². The van der Waals surface area contributed by atoms with Gasteiger partial charge in [0, 0.05) is 18.0 Å². The summed E-state index contributed by atoms with van der Waals surface area (Å²) in [5.41, 5.74) is 0. The summed E-state index contributed by atoms with van der Waals surface area (Å²) < 4.78 is 0. The molecule has 1 atom stereocenters. The van der Waals surface area contributed by atoms with Gasteiger partial charge in [-0.25, -0.2) is 0 Å². The minimum atomic E-state index is 0.259. The Labute approximate surface area is 130 Å². The van der Waals surface area contributed by atoms with Crippen LogP contribution < -0.4 is 5.32 Å². The largest absolute Gasteiger partial charge is 0.353 e. The van der Waals surface area contributed by atoms with E-state index in [1.54, 1.807) is 0 Å². The molecule has 0 bridgehead atoms. The van der Waals surface area contributed by atoms with Crippen molar-refractivity contribution in [2.24, 2.45) is 11.8 Å². The molecular weight excluding hydrogens is 260 g/mol. The fourth-order valence-corrected chi connectivity index (χ4v) is 4.00. The third-order valence-electron chi connectivity index (χ3n) is 5.29. The van der Waals surface area contributed by atoms with Crippen LogP contribution >= 0.6 is 0 Å². The van der Waals surface area contributed by atoms with Crippen LogP contribution in [0.1, 0.15) is 72.1 Å². The highest BCUT2D eigenvalue weighted by Gasteiger charge is 2.28. The molecule has 2 rings (SSSR count). The maximum absolute atomic E-state index is 12.4. The molecule has 0 aromatic carbocycles. The first-order valence-electron chi connectivity index (χ1n) is 9.10. The maximum atomic E-state index is 12.4. The van der Waals surface area contributed by atoms with Crippen molar-refractivity contribution < 1.29 is 4.79 Å². The molecule has 2 fully saturated rings. The van der Waals surface area contributed by atoms with Crippen LogP contribution in [-0.4, -0.2) is 36.0 Å². The van der Waals surface area contributed by atoms with E-state index in [1.807, 2.05) is 0 Å². The highest BCUT2D eigenvalue weighted by Crippen LogP contribution is 2.23. The second-order valence-electron chi connectivity index (χ2n) is 7.63. The predicted molar refractivity (Wildman–Crippen MR) is 88.2 cm³/mol. The smallest absolute Gasteiger partial charge is 0.223 e. The summed E-state index contributed by atoms with van der Waals surface area (Å²) in [5, 5.41) is 3.31. The molecule has 0 aromatic heterocycles. The Balaban J connectivity index is 1.71. The van der Waals surface area contributed by atoms with Gasteiger partial charge in [-0.15, -0.1) is 0 Å². The molecule has 1 amide bonds. The van der Waals surface area contributed by atoms with Crippen LogP contribution in [0.2, 0.25) is 0 Å². The van der Waals surface area contributed by atoms with E-state index in [0.717, 1.165) is 31.8 Å². The van der Waals surface area contributed by atoms with E-state index in [0.29, 0.717) is 18.0 Å². The molecular formula is C18H34N2O. The second-order valence-corrected chi connectivity index (χ2v) is 7.63. The normalized spacial score (nSPS) is 24.2. The highest BCUT2D eigenvalue weighted by molar-refractivity contribution is 5.79. The van der Waals surface area contributed by atoms with Gasteiger partial charge in [-0.3, -0.25) is 4.79 Å². The molecule has 3 nitrogen and oxygen atoms in total. The molecule has 1 aliphatic carbocycles. The fraction of sp³-hybridized carbons (Fsp3) is 0.944. The topological polar surface area (TPSA) is 32.3 Å². The van der Waals surface area contributed by atoms with Gasteiger partial charge in [0.15, 0.2) is 0 Å². The number of likely N-dealkylation sites (tertiary alicyclic amines) is 1. The quantitative estimate of drug-likeness (QED) is 0.840. The molecule has 0 unspecified atom stereocenters. The Morgan fingerprint density at radius 2 is 1.67 bits per heavy atom. The number of amides is 1. The van der Waals surface area contributed by atoms with Gasteiger partial charge in [-0.2, -0.15) is 0 Å². The summed E-state index contributed by atoms with van der Waals surface area (Å²) in [4.78, 5) is 15.0. The summed E-state index contributed by atoms with van der Waals surface area (Å²) in [7, 11) is 0. The van der Waals surface area contributed by atoms with Gasteiger partial charge >= 0.3 is 0 Å². The first kappa shape index (κ1) is 16.8. The first-order chi connectivity index (χ1) is 10.1. The SMILES string of the molecule is CC(C)C[C@H](C)N1CCC(C(=O)NC2CCCCC2)CC1. The third kappa shape index (κ3) is 5.28. The van der Waals surface area contributed by atoms with Crippen LogP contribution in [0.15, 0.2) is 0 Å². The van der Waals surface area contributed by atoms with E-state index in [9.17, 15) is 4.79 Å². The minimum Gasteiger partial charge on any atom is -0.353 e. The lowest BCUT2D eigenvalue weighted by atomic mass is 9.91. The molecule has 21 heavy (non-hydrogen) atoms. The number of hydrogen-bond acceptors (Lipinski definition) is 2. The monoisotopic (exact) mass is 294 g/mol. The zero-order valence-corrected chi connectivity index (χ0v) is 14.2. The van der Waals surface area contributed by atoms with Crippen molar-refractivity contribution in [1.82, 2.24) is 10.2 Å². The van der Waals surface area contributed by atoms with Crippen molar-refractivity contribution in [3.8, 4) is 0 Å². The molecule has 1 saturated carbocycles. The number of nitrogens with zero attached hydrogens (tertiary/aromatic N) is 1. The van der Waals surface area contributed by atoms with Crippen molar-refractivity contribution in [3.05, 3.63) is 0 Å². The summed E-state index contributed by atoms with van der Waals surface area (Å²) in [6, 6.07) is 1.12. The summed E-state index contributed by atoms with van der Waals surface area (Å²) in [6.45, 7) is 9.11. The number of piperidine rings is 1. The van der Waals surface area contributed by atoms with Gasteiger partial charge in [-0.1, -0.05) is 33.1 Å². The molecule has 0 radical (unpaired) electrons. The molecule has 1 N–H and O–H groups in total. The molecule has 2 aliphatic rings. The van der Waals surface area contributed by atoms with Crippen molar-refractivity contribution in [1.29, 1.82) is 0 Å². The number of carbonyl (C=O) groups excluding carboxylic acids is 1. The lowest BCUT2D eigenvalue weighted by Gasteiger charge is -2.36. The van der Waals surface area contributed by atoms with Crippen LogP contribution in [0.4, 0.5) is 0 Å². The molecule has 3 heteroatoms. The zero-order valence-electron chi connectivity index (χ0n) is 14.2. The standard InChI is InChI=1S/C18H34N2O/c1-14(2)13-15(3)20-11-9-16(10-12-20)18(21)19-17-7-5-4-6-8-17/h14-17H,4-13H2,1-3H3,(H,19,21)/t15-/m0/s1. The summed E-state index contributed by atoms with van der Waals surface area (Å²) in [5.74, 6) is 1.35. The molecule has 0 spiro atoms. The van der Waals surface area contributed by atoms with Crippen LogP contribution in [0.5, 0.6) is 0 Å². The van der Waals surface area contributed by atoms with E-state index >= 15 is 0 Å².